The number of likely N-dealkylation sites (N-methyl/N-ethyl adjacent to an activating group) is 1. The maximum Gasteiger partial charge on any atom is 0.335 e. The van der Waals surface area contributed by atoms with Gasteiger partial charge in [0.05, 0.1) is 0 Å². The van der Waals surface area contributed by atoms with Crippen molar-refractivity contribution in [3.05, 3.63) is 6.33 Å². The highest BCUT2D eigenvalue weighted by Gasteiger charge is 2.05. The topological polar surface area (TPSA) is 52.0 Å². The Hall–Kier alpha value is -1.10. The molecule has 1 unspecified atom stereocenters. The van der Waals surface area contributed by atoms with Crippen LogP contribution in [0.25, 0.3) is 0 Å². The minimum Gasteiger partial charge on any atom is -0.458 e. The van der Waals surface area contributed by atoms with Crippen molar-refractivity contribution in [3.8, 4) is 6.01 Å². The molecule has 0 aliphatic heterocycles. The summed E-state index contributed by atoms with van der Waals surface area (Å²) in [6, 6.07) is 0.438. The minimum atomic E-state index is 0.0994. The van der Waals surface area contributed by atoms with E-state index in [-0.39, 0.29) is 6.10 Å². The quantitative estimate of drug-likeness (QED) is 0.710. The number of rotatable bonds is 5. The van der Waals surface area contributed by atoms with Gasteiger partial charge in [0.15, 0.2) is 0 Å². The van der Waals surface area contributed by atoms with E-state index in [1.807, 2.05) is 14.0 Å². The Labute approximate surface area is 78.1 Å². The van der Waals surface area contributed by atoms with Crippen molar-refractivity contribution in [2.24, 2.45) is 7.05 Å². The molecule has 0 aliphatic rings. The van der Waals surface area contributed by atoms with Crippen LogP contribution in [-0.2, 0) is 7.05 Å². The zero-order chi connectivity index (χ0) is 9.68. The molecule has 5 nitrogen and oxygen atoms in total. The largest absolute Gasteiger partial charge is 0.458 e. The van der Waals surface area contributed by atoms with Crippen LogP contribution < -0.4 is 10.1 Å². The summed E-state index contributed by atoms with van der Waals surface area (Å²) in [5.41, 5.74) is 0. The average Bonchev–Trinajstić information content (AvgIpc) is 2.48. The molecule has 1 aromatic rings. The summed E-state index contributed by atoms with van der Waals surface area (Å²) < 4.78 is 7.05. The molecule has 13 heavy (non-hydrogen) atoms. The van der Waals surface area contributed by atoms with Gasteiger partial charge in [-0.15, -0.1) is 5.10 Å². The highest BCUT2D eigenvalue weighted by molar-refractivity contribution is 4.88. The van der Waals surface area contributed by atoms with Gasteiger partial charge in [0.2, 0.25) is 0 Å². The molecular formula is C8H16N4O. The third kappa shape index (κ3) is 3.42. The molecule has 0 radical (unpaired) electrons. The standard InChI is InChI=1S/C8H16N4O/c1-4-9-5-7(2)13-8-10-6-12(3)11-8/h6-7,9H,4-5H2,1-3H3. The molecular weight excluding hydrogens is 168 g/mol. The number of hydrogen-bond acceptors (Lipinski definition) is 4. The van der Waals surface area contributed by atoms with Gasteiger partial charge in [0.1, 0.15) is 12.4 Å². The molecule has 1 aromatic heterocycles. The molecule has 0 aliphatic carbocycles. The van der Waals surface area contributed by atoms with Crippen molar-refractivity contribution < 1.29 is 4.74 Å². The number of ether oxygens (including phenoxy) is 1. The molecule has 0 fully saturated rings. The lowest BCUT2D eigenvalue weighted by Gasteiger charge is -2.11. The highest BCUT2D eigenvalue weighted by atomic mass is 16.5. The van der Waals surface area contributed by atoms with Gasteiger partial charge in [-0.25, -0.2) is 0 Å². The van der Waals surface area contributed by atoms with E-state index in [2.05, 4.69) is 22.3 Å². The van der Waals surface area contributed by atoms with Crippen molar-refractivity contribution in [3.63, 3.8) is 0 Å². The first kappa shape index (κ1) is 9.98. The SMILES string of the molecule is CCNCC(C)Oc1ncn(C)n1. The normalized spacial score (nSPS) is 12.8. The lowest BCUT2D eigenvalue weighted by atomic mass is 10.4. The van der Waals surface area contributed by atoms with E-state index in [0.29, 0.717) is 6.01 Å². The van der Waals surface area contributed by atoms with E-state index in [1.165, 1.54) is 0 Å². The van der Waals surface area contributed by atoms with Gasteiger partial charge in [0, 0.05) is 13.6 Å². The van der Waals surface area contributed by atoms with E-state index >= 15 is 0 Å². The molecule has 0 aromatic carbocycles. The van der Waals surface area contributed by atoms with E-state index in [4.69, 9.17) is 4.74 Å². The second-order valence-corrected chi connectivity index (χ2v) is 2.94. The van der Waals surface area contributed by atoms with Crippen molar-refractivity contribution in [1.82, 2.24) is 20.1 Å². The van der Waals surface area contributed by atoms with Crippen LogP contribution >= 0.6 is 0 Å². The highest BCUT2D eigenvalue weighted by Crippen LogP contribution is 2.01. The minimum absolute atomic E-state index is 0.0994. The molecule has 1 rings (SSSR count). The predicted octanol–water partition coefficient (Wildman–Crippen LogP) is 0.192. The summed E-state index contributed by atoms with van der Waals surface area (Å²) in [7, 11) is 1.81. The average molecular weight is 184 g/mol. The monoisotopic (exact) mass is 184 g/mol. The van der Waals surface area contributed by atoms with Crippen LogP contribution in [0.1, 0.15) is 13.8 Å². The molecule has 0 bridgehead atoms. The Bertz CT molecular complexity index is 248. The fraction of sp³-hybridized carbons (Fsp3) is 0.750. The maximum atomic E-state index is 5.43. The Morgan fingerprint density at radius 2 is 2.46 bits per heavy atom. The summed E-state index contributed by atoms with van der Waals surface area (Å²) in [6.07, 6.45) is 1.72. The van der Waals surface area contributed by atoms with Gasteiger partial charge >= 0.3 is 6.01 Å². The van der Waals surface area contributed by atoms with Crippen molar-refractivity contribution in [2.45, 2.75) is 20.0 Å². The Morgan fingerprint density at radius 1 is 1.69 bits per heavy atom. The van der Waals surface area contributed by atoms with Crippen LogP contribution in [0.2, 0.25) is 0 Å². The molecule has 5 heteroatoms. The third-order valence-electron chi connectivity index (χ3n) is 1.57. The second kappa shape index (κ2) is 4.81. The molecule has 0 spiro atoms. The number of nitrogens with one attached hydrogen (secondary N) is 1. The van der Waals surface area contributed by atoms with Gasteiger partial charge in [0.25, 0.3) is 0 Å². The lowest BCUT2D eigenvalue weighted by Crippen LogP contribution is -2.29. The van der Waals surface area contributed by atoms with Crippen molar-refractivity contribution >= 4 is 0 Å². The Balaban J connectivity index is 2.31. The summed E-state index contributed by atoms with van der Waals surface area (Å²) >= 11 is 0. The van der Waals surface area contributed by atoms with Crippen LogP contribution in [0.15, 0.2) is 6.33 Å². The summed E-state index contributed by atoms with van der Waals surface area (Å²) in [5, 5.41) is 7.20. The summed E-state index contributed by atoms with van der Waals surface area (Å²) in [6.45, 7) is 5.81. The van der Waals surface area contributed by atoms with Crippen LogP contribution in [0, 0.1) is 0 Å². The molecule has 1 atom stereocenters. The zero-order valence-corrected chi connectivity index (χ0v) is 8.32. The Morgan fingerprint density at radius 3 is 3.00 bits per heavy atom. The molecule has 0 amide bonds. The smallest absolute Gasteiger partial charge is 0.335 e. The van der Waals surface area contributed by atoms with Crippen LogP contribution in [-0.4, -0.2) is 34.0 Å². The van der Waals surface area contributed by atoms with Crippen molar-refractivity contribution in [1.29, 1.82) is 0 Å². The zero-order valence-electron chi connectivity index (χ0n) is 8.32. The molecule has 1 N–H and O–H groups in total. The third-order valence-corrected chi connectivity index (χ3v) is 1.57. The summed E-state index contributed by atoms with van der Waals surface area (Å²) in [4.78, 5) is 3.97. The fourth-order valence-electron chi connectivity index (χ4n) is 0.943. The van der Waals surface area contributed by atoms with Crippen LogP contribution in [0.3, 0.4) is 0 Å². The van der Waals surface area contributed by atoms with Gasteiger partial charge in [-0.05, 0) is 13.5 Å². The van der Waals surface area contributed by atoms with Crippen molar-refractivity contribution in [2.75, 3.05) is 13.1 Å². The molecule has 1 heterocycles. The number of aryl methyl sites for hydroxylation is 1. The van der Waals surface area contributed by atoms with E-state index in [9.17, 15) is 0 Å². The van der Waals surface area contributed by atoms with Crippen LogP contribution in [0.4, 0.5) is 0 Å². The lowest BCUT2D eigenvalue weighted by molar-refractivity contribution is 0.200. The second-order valence-electron chi connectivity index (χ2n) is 2.94. The first-order valence-electron chi connectivity index (χ1n) is 4.45. The molecule has 0 saturated heterocycles. The van der Waals surface area contributed by atoms with Gasteiger partial charge in [-0.1, -0.05) is 6.92 Å². The maximum absolute atomic E-state index is 5.43. The predicted molar refractivity (Wildman–Crippen MR) is 49.6 cm³/mol. The van der Waals surface area contributed by atoms with E-state index in [0.717, 1.165) is 13.1 Å². The van der Waals surface area contributed by atoms with Gasteiger partial charge in [-0.3, -0.25) is 4.68 Å². The number of nitrogens with zero attached hydrogens (tertiary/aromatic N) is 3. The van der Waals surface area contributed by atoms with E-state index in [1.54, 1.807) is 11.0 Å². The Kier molecular flexibility index (Phi) is 3.70. The van der Waals surface area contributed by atoms with Crippen LogP contribution in [0.5, 0.6) is 6.01 Å². The molecule has 0 saturated carbocycles. The van der Waals surface area contributed by atoms with Gasteiger partial charge in [-0.2, -0.15) is 4.98 Å². The number of hydrogen-bond donors (Lipinski definition) is 1. The molecule has 74 valence electrons. The van der Waals surface area contributed by atoms with Gasteiger partial charge < -0.3 is 10.1 Å². The summed E-state index contributed by atoms with van der Waals surface area (Å²) in [5.74, 6) is 0. The fourth-order valence-corrected chi connectivity index (χ4v) is 0.943. The number of aromatic nitrogens is 3. The van der Waals surface area contributed by atoms with E-state index < -0.39 is 0 Å². The first-order valence-corrected chi connectivity index (χ1v) is 4.45. The first-order chi connectivity index (χ1) is 6.22.